The van der Waals surface area contributed by atoms with E-state index in [1.807, 2.05) is 44.2 Å². The number of aromatic nitrogens is 3. The summed E-state index contributed by atoms with van der Waals surface area (Å²) in [5.74, 6) is -0.620. The molecule has 1 atom stereocenters. The van der Waals surface area contributed by atoms with Crippen molar-refractivity contribution in [3.63, 3.8) is 0 Å². The number of amides is 1. The fourth-order valence-electron chi connectivity index (χ4n) is 3.78. The van der Waals surface area contributed by atoms with Gasteiger partial charge in [-0.15, -0.1) is 0 Å². The smallest absolute Gasteiger partial charge is 0.352 e. The average molecular weight is 434 g/mol. The van der Waals surface area contributed by atoms with Gasteiger partial charge in [0.05, 0.1) is 18.3 Å². The van der Waals surface area contributed by atoms with Gasteiger partial charge in [-0.25, -0.2) is 4.79 Å². The van der Waals surface area contributed by atoms with E-state index in [1.165, 1.54) is 0 Å². The monoisotopic (exact) mass is 434 g/mol. The molecule has 4 rings (SSSR count). The van der Waals surface area contributed by atoms with Crippen molar-refractivity contribution in [2.24, 2.45) is 0 Å². The van der Waals surface area contributed by atoms with Gasteiger partial charge in [-0.05, 0) is 55.5 Å². The summed E-state index contributed by atoms with van der Waals surface area (Å²) in [4.78, 5) is 39.4. The lowest BCUT2D eigenvalue weighted by Gasteiger charge is -2.14. The summed E-state index contributed by atoms with van der Waals surface area (Å²) in [5, 5.41) is 6.91. The van der Waals surface area contributed by atoms with E-state index in [0.29, 0.717) is 18.8 Å². The second-order valence-electron chi connectivity index (χ2n) is 8.04. The lowest BCUT2D eigenvalue weighted by molar-refractivity contribution is 0.0849. The molecule has 3 aromatic rings. The molecule has 1 aliphatic heterocycles. The van der Waals surface area contributed by atoms with Crippen molar-refractivity contribution in [2.45, 2.75) is 39.3 Å². The first-order chi connectivity index (χ1) is 15.4. The summed E-state index contributed by atoms with van der Waals surface area (Å²) in [6.45, 7) is 4.81. The molecule has 1 aliphatic rings. The van der Waals surface area contributed by atoms with Crippen LogP contribution in [0.1, 0.15) is 40.0 Å². The third-order valence-corrected chi connectivity index (χ3v) is 5.63. The quantitative estimate of drug-likeness (QED) is 0.640. The first-order valence-corrected chi connectivity index (χ1v) is 10.7. The summed E-state index contributed by atoms with van der Waals surface area (Å²) in [5.41, 5.74) is 1.55. The van der Waals surface area contributed by atoms with Crippen molar-refractivity contribution in [1.29, 1.82) is 0 Å². The Kier molecular flexibility index (Phi) is 6.32. The number of carbonyl (C=O) groups excluding carboxylic acids is 1. The number of aryl methyl sites for hydroxylation is 2. The van der Waals surface area contributed by atoms with Gasteiger partial charge in [-0.1, -0.05) is 36.4 Å². The molecule has 1 N–H and O–H groups in total. The Balaban J connectivity index is 1.79. The Morgan fingerprint density at radius 2 is 1.97 bits per heavy atom. The number of carbonyl (C=O) groups is 1. The lowest BCUT2D eigenvalue weighted by atomic mass is 10.1. The normalized spacial score (nSPS) is 15.6. The van der Waals surface area contributed by atoms with Crippen LogP contribution in [0.2, 0.25) is 0 Å². The molecule has 0 saturated carbocycles. The summed E-state index contributed by atoms with van der Waals surface area (Å²) < 4.78 is 7.72. The van der Waals surface area contributed by atoms with Crippen LogP contribution in [0, 0.1) is 13.8 Å². The number of nitrogens with one attached hydrogen (secondary N) is 1. The molecule has 2 heterocycles. The topological polar surface area (TPSA) is 95.2 Å². The number of nitrogens with zero attached hydrogens (tertiary/aromatic N) is 3. The van der Waals surface area contributed by atoms with E-state index < -0.39 is 17.2 Å². The minimum Gasteiger partial charge on any atom is -0.376 e. The van der Waals surface area contributed by atoms with E-state index in [1.54, 1.807) is 18.2 Å². The van der Waals surface area contributed by atoms with Gasteiger partial charge in [0.15, 0.2) is 0 Å². The standard InChI is InChI=1S/C24H26N4O4/c1-16-7-5-10-19(13-16)28-24(31)27(15-18-9-4-3-8-17(18)2)23(30)21(26-28)22(29)25-14-20-11-6-12-32-20/h3-5,7-10,13,20H,6,11-12,14-15H2,1-2H3,(H,25,29). The Morgan fingerprint density at radius 3 is 2.69 bits per heavy atom. The fourth-order valence-corrected chi connectivity index (χ4v) is 3.78. The Morgan fingerprint density at radius 1 is 1.16 bits per heavy atom. The number of hydrogen-bond donors (Lipinski definition) is 1. The van der Waals surface area contributed by atoms with Crippen LogP contribution in [0.3, 0.4) is 0 Å². The molecule has 1 fully saturated rings. The highest BCUT2D eigenvalue weighted by molar-refractivity contribution is 5.91. The average Bonchev–Trinajstić information content (AvgIpc) is 3.30. The molecule has 2 aromatic carbocycles. The minimum atomic E-state index is -0.716. The number of rotatable bonds is 6. The van der Waals surface area contributed by atoms with E-state index >= 15 is 0 Å². The van der Waals surface area contributed by atoms with Crippen LogP contribution in [0.15, 0.2) is 58.1 Å². The molecule has 32 heavy (non-hydrogen) atoms. The minimum absolute atomic E-state index is 0.0463. The van der Waals surface area contributed by atoms with Gasteiger partial charge in [0.1, 0.15) is 0 Å². The maximum atomic E-state index is 13.3. The maximum Gasteiger partial charge on any atom is 0.352 e. The van der Waals surface area contributed by atoms with E-state index in [9.17, 15) is 14.4 Å². The van der Waals surface area contributed by atoms with Crippen LogP contribution >= 0.6 is 0 Å². The van der Waals surface area contributed by atoms with Crippen LogP contribution in [-0.4, -0.2) is 39.5 Å². The third kappa shape index (κ3) is 4.55. The zero-order valence-corrected chi connectivity index (χ0v) is 18.2. The maximum absolute atomic E-state index is 13.3. The van der Waals surface area contributed by atoms with E-state index in [0.717, 1.165) is 38.8 Å². The molecule has 0 aliphatic carbocycles. The van der Waals surface area contributed by atoms with E-state index in [2.05, 4.69) is 10.4 Å². The third-order valence-electron chi connectivity index (χ3n) is 5.63. The van der Waals surface area contributed by atoms with Gasteiger partial charge in [0.25, 0.3) is 11.5 Å². The van der Waals surface area contributed by atoms with Crippen LogP contribution < -0.4 is 16.6 Å². The molecule has 0 spiro atoms. The van der Waals surface area contributed by atoms with Gasteiger partial charge in [-0.3, -0.25) is 14.2 Å². The highest BCUT2D eigenvalue weighted by Crippen LogP contribution is 2.11. The van der Waals surface area contributed by atoms with Gasteiger partial charge in [0, 0.05) is 13.2 Å². The van der Waals surface area contributed by atoms with Crippen LogP contribution in [0.4, 0.5) is 0 Å². The first kappa shape index (κ1) is 21.7. The van der Waals surface area contributed by atoms with Crippen LogP contribution in [0.25, 0.3) is 5.69 Å². The second-order valence-corrected chi connectivity index (χ2v) is 8.04. The molecule has 8 nitrogen and oxygen atoms in total. The van der Waals surface area contributed by atoms with E-state index in [-0.39, 0.29) is 18.3 Å². The van der Waals surface area contributed by atoms with Crippen LogP contribution in [0.5, 0.6) is 0 Å². The molecule has 1 aromatic heterocycles. The molecule has 1 saturated heterocycles. The summed E-state index contributed by atoms with van der Waals surface area (Å²) in [7, 11) is 0. The van der Waals surface area contributed by atoms with Gasteiger partial charge < -0.3 is 10.1 Å². The van der Waals surface area contributed by atoms with Crippen molar-refractivity contribution < 1.29 is 9.53 Å². The predicted molar refractivity (Wildman–Crippen MR) is 120 cm³/mol. The van der Waals surface area contributed by atoms with Crippen molar-refractivity contribution in [3.8, 4) is 5.69 Å². The summed E-state index contributed by atoms with van der Waals surface area (Å²) in [6, 6.07) is 14.7. The van der Waals surface area contributed by atoms with Crippen molar-refractivity contribution in [3.05, 3.63) is 91.8 Å². The molecular weight excluding hydrogens is 408 g/mol. The van der Waals surface area contributed by atoms with Crippen molar-refractivity contribution in [1.82, 2.24) is 19.7 Å². The Hall–Kier alpha value is -3.52. The summed E-state index contributed by atoms with van der Waals surface area (Å²) >= 11 is 0. The molecule has 166 valence electrons. The van der Waals surface area contributed by atoms with Crippen molar-refractivity contribution in [2.75, 3.05) is 13.2 Å². The fraction of sp³-hybridized carbons (Fsp3) is 0.333. The highest BCUT2D eigenvalue weighted by atomic mass is 16.5. The molecular formula is C24H26N4O4. The van der Waals surface area contributed by atoms with Crippen LogP contribution in [-0.2, 0) is 11.3 Å². The molecule has 8 heteroatoms. The van der Waals surface area contributed by atoms with Gasteiger partial charge >= 0.3 is 5.69 Å². The largest absolute Gasteiger partial charge is 0.376 e. The molecule has 1 amide bonds. The predicted octanol–water partition coefficient (Wildman–Crippen LogP) is 1.97. The number of benzene rings is 2. The van der Waals surface area contributed by atoms with Gasteiger partial charge in [-0.2, -0.15) is 9.78 Å². The van der Waals surface area contributed by atoms with Crippen molar-refractivity contribution >= 4 is 5.91 Å². The Bertz CT molecular complexity index is 1260. The lowest BCUT2D eigenvalue weighted by Crippen LogP contribution is -2.46. The number of ether oxygens (including phenoxy) is 1. The molecule has 0 radical (unpaired) electrons. The van der Waals surface area contributed by atoms with Gasteiger partial charge in [0.2, 0.25) is 5.69 Å². The number of hydrogen-bond acceptors (Lipinski definition) is 5. The molecule has 0 bridgehead atoms. The molecule has 1 unspecified atom stereocenters. The highest BCUT2D eigenvalue weighted by Gasteiger charge is 2.23. The zero-order chi connectivity index (χ0) is 22.7. The Labute approximate surface area is 185 Å². The summed E-state index contributed by atoms with van der Waals surface area (Å²) in [6.07, 6.45) is 1.73. The SMILES string of the molecule is Cc1cccc(-n2nc(C(=O)NCC3CCCO3)c(=O)n(Cc3ccccc3C)c2=O)c1. The zero-order valence-electron chi connectivity index (χ0n) is 18.2. The second kappa shape index (κ2) is 9.32. The van der Waals surface area contributed by atoms with E-state index in [4.69, 9.17) is 4.74 Å². The first-order valence-electron chi connectivity index (χ1n) is 10.7.